The molecule has 0 saturated heterocycles. The van der Waals surface area contributed by atoms with Crippen LogP contribution in [-0.4, -0.2) is 6.61 Å². The summed E-state index contributed by atoms with van der Waals surface area (Å²) in [7, 11) is 0. The zero-order chi connectivity index (χ0) is 11.3. The minimum Gasteiger partial charge on any atom is -0.490 e. The molecule has 1 aromatic rings. The second-order valence-electron chi connectivity index (χ2n) is 2.91. The molecule has 0 bridgehead atoms. The smallest absolute Gasteiger partial charge is 0.416 e. The predicted octanol–water partition coefficient (Wildman–Crippen LogP) is 3.66. The summed E-state index contributed by atoms with van der Waals surface area (Å²) in [5, 5.41) is 0. The number of allylic oxidation sites excluding steroid dienone is 1. The highest BCUT2D eigenvalue weighted by atomic mass is 19.4. The standard InChI is InChI=1S/C11H11F3O/c1-2-3-7-15-10-6-4-5-9(8-10)11(12,13)14/h2-6,8H,7H2,1H3/b3-2+. The van der Waals surface area contributed by atoms with E-state index in [4.69, 9.17) is 4.74 Å². The summed E-state index contributed by atoms with van der Waals surface area (Å²) < 4.78 is 42.0. The quantitative estimate of drug-likeness (QED) is 0.700. The van der Waals surface area contributed by atoms with Gasteiger partial charge in [0.1, 0.15) is 12.4 Å². The van der Waals surface area contributed by atoms with Crippen molar-refractivity contribution in [1.29, 1.82) is 0 Å². The number of ether oxygens (including phenoxy) is 1. The van der Waals surface area contributed by atoms with Gasteiger partial charge in [-0.2, -0.15) is 13.2 Å². The van der Waals surface area contributed by atoms with Gasteiger partial charge in [0.2, 0.25) is 0 Å². The molecule has 1 aromatic carbocycles. The first kappa shape index (κ1) is 11.6. The summed E-state index contributed by atoms with van der Waals surface area (Å²) in [5.41, 5.74) is -0.694. The van der Waals surface area contributed by atoms with Crippen LogP contribution in [0.2, 0.25) is 0 Å². The van der Waals surface area contributed by atoms with Gasteiger partial charge in [-0.05, 0) is 25.1 Å². The van der Waals surface area contributed by atoms with E-state index in [0.29, 0.717) is 0 Å². The molecule has 0 heterocycles. The minimum atomic E-state index is -4.32. The first-order valence-corrected chi connectivity index (χ1v) is 4.45. The summed E-state index contributed by atoms with van der Waals surface area (Å²) in [4.78, 5) is 0. The maximum Gasteiger partial charge on any atom is 0.416 e. The second kappa shape index (κ2) is 4.87. The van der Waals surface area contributed by atoms with Crippen molar-refractivity contribution in [3.8, 4) is 5.75 Å². The summed E-state index contributed by atoms with van der Waals surface area (Å²) in [6, 6.07) is 4.83. The van der Waals surface area contributed by atoms with Gasteiger partial charge < -0.3 is 4.74 Å². The molecule has 0 aliphatic carbocycles. The number of halogens is 3. The first-order valence-electron chi connectivity index (χ1n) is 4.45. The highest BCUT2D eigenvalue weighted by molar-refractivity contribution is 5.30. The Morgan fingerprint density at radius 2 is 2.07 bits per heavy atom. The number of hydrogen-bond donors (Lipinski definition) is 0. The predicted molar refractivity (Wildman–Crippen MR) is 51.8 cm³/mol. The lowest BCUT2D eigenvalue weighted by atomic mass is 10.2. The Balaban J connectivity index is 2.75. The van der Waals surface area contributed by atoms with Crippen LogP contribution in [0.5, 0.6) is 5.75 Å². The third-order valence-corrected chi connectivity index (χ3v) is 1.74. The monoisotopic (exact) mass is 216 g/mol. The molecule has 1 nitrogen and oxygen atoms in total. The van der Waals surface area contributed by atoms with Crippen molar-refractivity contribution in [3.05, 3.63) is 42.0 Å². The molecule has 0 saturated carbocycles. The molecule has 0 aliphatic rings. The van der Waals surface area contributed by atoms with E-state index in [1.807, 2.05) is 6.92 Å². The maximum absolute atomic E-state index is 12.3. The molecule has 0 radical (unpaired) electrons. The topological polar surface area (TPSA) is 9.23 Å². The Morgan fingerprint density at radius 1 is 1.33 bits per heavy atom. The van der Waals surface area contributed by atoms with Crippen LogP contribution in [0.25, 0.3) is 0 Å². The van der Waals surface area contributed by atoms with Crippen LogP contribution in [0.3, 0.4) is 0 Å². The Kier molecular flexibility index (Phi) is 3.77. The average Bonchev–Trinajstić information content (AvgIpc) is 2.17. The van der Waals surface area contributed by atoms with Crippen molar-refractivity contribution in [2.24, 2.45) is 0 Å². The van der Waals surface area contributed by atoms with E-state index in [-0.39, 0.29) is 12.4 Å². The van der Waals surface area contributed by atoms with E-state index < -0.39 is 11.7 Å². The molecule has 0 spiro atoms. The summed E-state index contributed by atoms with van der Waals surface area (Å²) in [6.07, 6.45) is -0.826. The molecule has 82 valence electrons. The lowest BCUT2D eigenvalue weighted by molar-refractivity contribution is -0.137. The van der Waals surface area contributed by atoms with Crippen molar-refractivity contribution >= 4 is 0 Å². The van der Waals surface area contributed by atoms with Crippen LogP contribution in [-0.2, 0) is 6.18 Å². The molecule has 4 heteroatoms. The largest absolute Gasteiger partial charge is 0.490 e. The van der Waals surface area contributed by atoms with Crippen LogP contribution in [0, 0.1) is 0 Å². The third kappa shape index (κ3) is 3.65. The van der Waals surface area contributed by atoms with E-state index in [2.05, 4.69) is 0 Å². The van der Waals surface area contributed by atoms with Gasteiger partial charge in [0.05, 0.1) is 5.56 Å². The van der Waals surface area contributed by atoms with Crippen molar-refractivity contribution in [3.63, 3.8) is 0 Å². The normalized spacial score (nSPS) is 12.0. The number of alkyl halides is 3. The highest BCUT2D eigenvalue weighted by Gasteiger charge is 2.30. The fourth-order valence-corrected chi connectivity index (χ4v) is 1.00. The van der Waals surface area contributed by atoms with Crippen LogP contribution in [0.1, 0.15) is 12.5 Å². The van der Waals surface area contributed by atoms with Crippen LogP contribution < -0.4 is 4.74 Å². The molecule has 0 fully saturated rings. The van der Waals surface area contributed by atoms with E-state index in [0.717, 1.165) is 12.1 Å². The van der Waals surface area contributed by atoms with Gasteiger partial charge in [-0.1, -0.05) is 18.2 Å². The maximum atomic E-state index is 12.3. The molecule has 0 aliphatic heterocycles. The van der Waals surface area contributed by atoms with Crippen LogP contribution >= 0.6 is 0 Å². The van der Waals surface area contributed by atoms with Crippen molar-refractivity contribution in [2.45, 2.75) is 13.1 Å². The SMILES string of the molecule is C/C=C/COc1cccc(C(F)(F)F)c1. The van der Waals surface area contributed by atoms with Gasteiger partial charge >= 0.3 is 6.18 Å². The fraction of sp³-hybridized carbons (Fsp3) is 0.273. The molecule has 0 amide bonds. The van der Waals surface area contributed by atoms with Gasteiger partial charge in [-0.15, -0.1) is 0 Å². The van der Waals surface area contributed by atoms with Crippen LogP contribution in [0.15, 0.2) is 36.4 Å². The number of rotatable bonds is 3. The van der Waals surface area contributed by atoms with E-state index in [9.17, 15) is 13.2 Å². The number of benzene rings is 1. The second-order valence-corrected chi connectivity index (χ2v) is 2.91. The van der Waals surface area contributed by atoms with Crippen molar-refractivity contribution in [2.75, 3.05) is 6.61 Å². The Bertz CT molecular complexity index is 342. The van der Waals surface area contributed by atoms with Gasteiger partial charge in [0, 0.05) is 0 Å². The molecule has 0 N–H and O–H groups in total. The van der Waals surface area contributed by atoms with Gasteiger partial charge in [0.25, 0.3) is 0 Å². The minimum absolute atomic E-state index is 0.225. The zero-order valence-electron chi connectivity index (χ0n) is 8.21. The average molecular weight is 216 g/mol. The zero-order valence-corrected chi connectivity index (χ0v) is 8.21. The Hall–Kier alpha value is -1.45. The molecule has 0 atom stereocenters. The van der Waals surface area contributed by atoms with E-state index >= 15 is 0 Å². The third-order valence-electron chi connectivity index (χ3n) is 1.74. The number of hydrogen-bond acceptors (Lipinski definition) is 1. The highest BCUT2D eigenvalue weighted by Crippen LogP contribution is 2.31. The summed E-state index contributed by atoms with van der Waals surface area (Å²) in [5.74, 6) is 0.225. The fourth-order valence-electron chi connectivity index (χ4n) is 1.00. The Labute approximate surface area is 86.2 Å². The van der Waals surface area contributed by atoms with Gasteiger partial charge in [0.15, 0.2) is 0 Å². The molecular weight excluding hydrogens is 205 g/mol. The van der Waals surface area contributed by atoms with Crippen molar-refractivity contribution < 1.29 is 17.9 Å². The van der Waals surface area contributed by atoms with Crippen molar-refractivity contribution in [1.82, 2.24) is 0 Å². The molecule has 15 heavy (non-hydrogen) atoms. The van der Waals surface area contributed by atoms with Gasteiger partial charge in [-0.3, -0.25) is 0 Å². The molecular formula is C11H11F3O. The summed E-state index contributed by atoms with van der Waals surface area (Å²) >= 11 is 0. The van der Waals surface area contributed by atoms with Crippen LogP contribution in [0.4, 0.5) is 13.2 Å². The molecule has 0 unspecified atom stereocenters. The first-order chi connectivity index (χ1) is 7.04. The summed E-state index contributed by atoms with van der Waals surface area (Å²) in [6.45, 7) is 2.09. The molecule has 1 rings (SSSR count). The Morgan fingerprint density at radius 3 is 2.67 bits per heavy atom. The lowest BCUT2D eigenvalue weighted by Crippen LogP contribution is -2.05. The molecule has 0 aromatic heterocycles. The van der Waals surface area contributed by atoms with E-state index in [1.165, 1.54) is 12.1 Å². The lowest BCUT2D eigenvalue weighted by Gasteiger charge is -2.08. The van der Waals surface area contributed by atoms with E-state index in [1.54, 1.807) is 12.2 Å². The van der Waals surface area contributed by atoms with Gasteiger partial charge in [-0.25, -0.2) is 0 Å².